The van der Waals surface area contributed by atoms with Gasteiger partial charge in [0, 0.05) is 6.54 Å². The fraction of sp³-hybridized carbons (Fsp3) is 0.273. The normalized spacial score (nSPS) is 19.3. The van der Waals surface area contributed by atoms with E-state index in [1.807, 2.05) is 53.4 Å². The number of aliphatic imine (C=N–C) groups is 1. The molecule has 2 aromatic rings. The van der Waals surface area contributed by atoms with Gasteiger partial charge in [-0.25, -0.2) is 4.99 Å². The number of para-hydroxylation sites is 4. The van der Waals surface area contributed by atoms with Crippen LogP contribution in [-0.4, -0.2) is 54.7 Å². The highest BCUT2D eigenvalue weighted by atomic mass is 15.3. The van der Waals surface area contributed by atoms with Gasteiger partial charge in [-0.1, -0.05) is 24.3 Å². The van der Waals surface area contributed by atoms with E-state index in [2.05, 4.69) is 34.9 Å². The Hall–Kier alpha value is -3.32. The zero-order chi connectivity index (χ0) is 20.0. The molecule has 0 bridgehead atoms. The third-order valence-electron chi connectivity index (χ3n) is 5.49. The lowest BCUT2D eigenvalue weighted by Gasteiger charge is -2.25. The van der Waals surface area contributed by atoms with Gasteiger partial charge in [-0.3, -0.25) is 5.41 Å². The van der Waals surface area contributed by atoms with Gasteiger partial charge in [-0.05, 0) is 51.3 Å². The highest BCUT2D eigenvalue weighted by Gasteiger charge is 2.43. The molecule has 0 saturated carbocycles. The minimum atomic E-state index is -0.152. The molecule has 1 unspecified atom stereocenters. The molecule has 3 heterocycles. The van der Waals surface area contributed by atoms with Crippen molar-refractivity contribution in [3.63, 3.8) is 0 Å². The molecule has 5 rings (SSSR count). The van der Waals surface area contributed by atoms with Crippen LogP contribution < -0.4 is 16.0 Å². The molecule has 0 radical (unpaired) electrons. The van der Waals surface area contributed by atoms with E-state index in [1.54, 1.807) is 0 Å². The molecule has 1 fully saturated rings. The Balaban J connectivity index is 1.54. The van der Waals surface area contributed by atoms with E-state index in [0.29, 0.717) is 5.84 Å². The van der Waals surface area contributed by atoms with Crippen molar-refractivity contribution in [3.8, 4) is 0 Å². The molecule has 148 valence electrons. The van der Waals surface area contributed by atoms with E-state index >= 15 is 0 Å². The maximum Gasteiger partial charge on any atom is 0.138 e. The topological polar surface area (TPSA) is 78.8 Å². The van der Waals surface area contributed by atoms with Crippen LogP contribution in [0, 0.1) is 5.41 Å². The second kappa shape index (κ2) is 6.93. The second-order valence-electron chi connectivity index (χ2n) is 7.81. The van der Waals surface area contributed by atoms with Gasteiger partial charge in [0.2, 0.25) is 0 Å². The van der Waals surface area contributed by atoms with E-state index in [0.717, 1.165) is 59.5 Å². The molecule has 29 heavy (non-hydrogen) atoms. The Kier molecular flexibility index (Phi) is 4.24. The zero-order valence-electron chi connectivity index (χ0n) is 16.7. The Morgan fingerprint density at radius 3 is 2.34 bits per heavy atom. The molecule has 0 aliphatic carbocycles. The number of likely N-dealkylation sites (tertiary alicyclic amines) is 1. The summed E-state index contributed by atoms with van der Waals surface area (Å²) >= 11 is 0. The SMILES string of the molecule is CN(C)CCCN1C(=N)C(=C2Nc3ccccc3N2)C2Nc3ccccc3N=C21. The van der Waals surface area contributed by atoms with Crippen LogP contribution in [-0.2, 0) is 0 Å². The number of hydrogen-bond acceptors (Lipinski definition) is 6. The minimum absolute atomic E-state index is 0.152. The molecule has 0 spiro atoms. The van der Waals surface area contributed by atoms with E-state index in [9.17, 15) is 0 Å². The smallest absolute Gasteiger partial charge is 0.138 e. The van der Waals surface area contributed by atoms with Crippen LogP contribution in [0.15, 0.2) is 64.9 Å². The van der Waals surface area contributed by atoms with Crippen LogP contribution in [0.1, 0.15) is 6.42 Å². The van der Waals surface area contributed by atoms with Crippen LogP contribution in [0.3, 0.4) is 0 Å². The number of rotatable bonds is 4. The van der Waals surface area contributed by atoms with Gasteiger partial charge in [-0.15, -0.1) is 0 Å². The van der Waals surface area contributed by atoms with Crippen molar-refractivity contribution in [1.29, 1.82) is 5.41 Å². The lowest BCUT2D eigenvalue weighted by molar-refractivity contribution is 0.384. The predicted molar refractivity (Wildman–Crippen MR) is 119 cm³/mol. The molecular weight excluding hydrogens is 362 g/mol. The monoisotopic (exact) mass is 387 g/mol. The van der Waals surface area contributed by atoms with Crippen molar-refractivity contribution in [3.05, 3.63) is 59.9 Å². The summed E-state index contributed by atoms with van der Waals surface area (Å²) in [5.41, 5.74) is 4.88. The number of fused-ring (bicyclic) bond motifs is 3. The van der Waals surface area contributed by atoms with Gasteiger partial charge < -0.3 is 25.8 Å². The summed E-state index contributed by atoms with van der Waals surface area (Å²) in [6, 6.07) is 16.0. The number of amidine groups is 2. The number of hydrogen-bond donors (Lipinski definition) is 4. The third kappa shape index (κ3) is 3.03. The standard InChI is InChI=1S/C22H25N7/c1-28(2)12-7-13-29-20(23)18(21-25-15-9-4-5-10-16(15)26-21)19-22(29)27-17-11-6-3-8-14(17)24-19/h3-6,8-11,19,23-26H,7,12-13H2,1-2H3. The minimum Gasteiger partial charge on any atom is -0.370 e. The summed E-state index contributed by atoms with van der Waals surface area (Å²) in [5, 5.41) is 19.5. The van der Waals surface area contributed by atoms with Crippen molar-refractivity contribution in [2.24, 2.45) is 4.99 Å². The average Bonchev–Trinajstić information content (AvgIpc) is 3.24. The quantitative estimate of drug-likeness (QED) is 0.646. The molecule has 1 atom stereocenters. The van der Waals surface area contributed by atoms with Crippen molar-refractivity contribution >= 4 is 34.4 Å². The first-order chi connectivity index (χ1) is 14.1. The van der Waals surface area contributed by atoms with Gasteiger partial charge in [0.05, 0.1) is 28.3 Å². The van der Waals surface area contributed by atoms with Crippen molar-refractivity contribution in [2.45, 2.75) is 12.5 Å². The van der Waals surface area contributed by atoms with E-state index in [-0.39, 0.29) is 6.04 Å². The highest BCUT2D eigenvalue weighted by Crippen LogP contribution is 2.39. The number of anilines is 3. The van der Waals surface area contributed by atoms with Crippen molar-refractivity contribution < 1.29 is 0 Å². The zero-order valence-corrected chi connectivity index (χ0v) is 16.7. The van der Waals surface area contributed by atoms with E-state index < -0.39 is 0 Å². The lowest BCUT2D eigenvalue weighted by atomic mass is 10.1. The van der Waals surface area contributed by atoms with Gasteiger partial charge >= 0.3 is 0 Å². The van der Waals surface area contributed by atoms with Crippen LogP contribution >= 0.6 is 0 Å². The molecule has 7 nitrogen and oxygen atoms in total. The number of benzene rings is 2. The molecule has 7 heteroatoms. The Morgan fingerprint density at radius 1 is 1.00 bits per heavy atom. The molecule has 3 aliphatic rings. The summed E-state index contributed by atoms with van der Waals surface area (Å²) < 4.78 is 0. The fourth-order valence-corrected chi connectivity index (χ4v) is 4.09. The summed E-state index contributed by atoms with van der Waals surface area (Å²) in [7, 11) is 4.15. The summed E-state index contributed by atoms with van der Waals surface area (Å²) in [5.74, 6) is 2.25. The van der Waals surface area contributed by atoms with Gasteiger partial charge in [0.15, 0.2) is 0 Å². The fourth-order valence-electron chi connectivity index (χ4n) is 4.09. The van der Waals surface area contributed by atoms with Crippen LogP contribution in [0.2, 0.25) is 0 Å². The lowest BCUT2D eigenvalue weighted by Crippen LogP contribution is -2.38. The molecular formula is C22H25N7. The molecule has 2 aromatic carbocycles. The summed E-state index contributed by atoms with van der Waals surface area (Å²) in [6.07, 6.45) is 0.965. The molecule has 0 amide bonds. The average molecular weight is 387 g/mol. The third-order valence-corrected chi connectivity index (χ3v) is 5.49. The highest BCUT2D eigenvalue weighted by molar-refractivity contribution is 6.23. The summed E-state index contributed by atoms with van der Waals surface area (Å²) in [4.78, 5) is 9.16. The molecule has 1 saturated heterocycles. The van der Waals surface area contributed by atoms with Gasteiger partial charge in [0.25, 0.3) is 0 Å². The first-order valence-electron chi connectivity index (χ1n) is 9.94. The van der Waals surface area contributed by atoms with Gasteiger partial charge in [-0.2, -0.15) is 0 Å². The Bertz CT molecular complexity index is 1010. The molecule has 3 aliphatic heterocycles. The Morgan fingerprint density at radius 2 is 1.66 bits per heavy atom. The van der Waals surface area contributed by atoms with E-state index in [4.69, 9.17) is 10.4 Å². The first kappa shape index (κ1) is 17.8. The number of nitrogens with one attached hydrogen (secondary N) is 4. The number of nitrogens with zero attached hydrogens (tertiary/aromatic N) is 3. The molecule has 0 aromatic heterocycles. The largest absolute Gasteiger partial charge is 0.370 e. The van der Waals surface area contributed by atoms with Crippen LogP contribution in [0.25, 0.3) is 0 Å². The van der Waals surface area contributed by atoms with Crippen molar-refractivity contribution in [2.75, 3.05) is 43.1 Å². The first-order valence-corrected chi connectivity index (χ1v) is 9.94. The van der Waals surface area contributed by atoms with E-state index in [1.165, 1.54) is 0 Å². The maximum absolute atomic E-state index is 8.98. The van der Waals surface area contributed by atoms with Crippen LogP contribution in [0.5, 0.6) is 0 Å². The maximum atomic E-state index is 8.98. The predicted octanol–water partition coefficient (Wildman–Crippen LogP) is 3.50. The molecule has 4 N–H and O–H groups in total. The van der Waals surface area contributed by atoms with Crippen molar-refractivity contribution in [1.82, 2.24) is 9.80 Å². The Labute approximate surface area is 170 Å². The van der Waals surface area contributed by atoms with Crippen LogP contribution in [0.4, 0.5) is 22.7 Å². The summed E-state index contributed by atoms with van der Waals surface area (Å²) in [6.45, 7) is 1.74. The van der Waals surface area contributed by atoms with Gasteiger partial charge in [0.1, 0.15) is 23.5 Å². The second-order valence-corrected chi connectivity index (χ2v) is 7.81.